The van der Waals surface area contributed by atoms with Crippen LogP contribution in [-0.2, 0) is 42.4 Å². The molecule has 0 spiro atoms. The molecule has 0 saturated carbocycles. The largest absolute Gasteiger partial charge is 0.352 e. The van der Waals surface area contributed by atoms with Crippen LogP contribution in [0.4, 0.5) is 11.4 Å². The number of aromatic nitrogens is 4. The summed E-state index contributed by atoms with van der Waals surface area (Å²) in [6.07, 6.45) is 12.3. The van der Waals surface area contributed by atoms with Crippen LogP contribution < -0.4 is 10.2 Å². The van der Waals surface area contributed by atoms with Gasteiger partial charge in [0.1, 0.15) is 7.05 Å². The number of nitrogens with one attached hydrogen (secondary N) is 1. The molecule has 2 aliphatic rings. The fourth-order valence-electron chi connectivity index (χ4n) is 7.58. The zero-order chi connectivity index (χ0) is 42.0. The van der Waals surface area contributed by atoms with E-state index in [2.05, 4.69) is 30.6 Å². The van der Waals surface area contributed by atoms with E-state index in [1.54, 1.807) is 19.1 Å². The number of amides is 1. The molecule has 0 saturated heterocycles. The molecule has 304 valence electrons. The highest BCUT2D eigenvalue weighted by Gasteiger charge is 2.44. The van der Waals surface area contributed by atoms with Crippen LogP contribution in [-0.4, -0.2) is 76.1 Å². The van der Waals surface area contributed by atoms with Crippen molar-refractivity contribution in [2.45, 2.75) is 87.5 Å². The Morgan fingerprint density at radius 1 is 0.793 bits per heavy atom. The van der Waals surface area contributed by atoms with E-state index in [0.29, 0.717) is 37.6 Å². The summed E-state index contributed by atoms with van der Waals surface area (Å²) < 4.78 is 69.3. The summed E-state index contributed by atoms with van der Waals surface area (Å²) >= 11 is 0. The van der Waals surface area contributed by atoms with E-state index in [1.165, 1.54) is 24.3 Å². The second-order valence-corrected chi connectivity index (χ2v) is 18.3. The SMILES string of the molecule is Cc1nnc(-c2ccc(CNC(=O)CCCCCN3/C(=C/C=C/C=C/C4=[N+](C)c5ccc(S(=O)(=O)O)cc5C4(C)C)C(C)(C)c4cc(S(=O)(=O)O)ccc43)cc2)nn1. The standard InChI is InChI=1S/C42H47N7O7S2/c1-28-44-46-40(47-45-28)30-18-16-29(17-19-30)27-43-39(50)15-11-8-12-24-49-36-23-21-32(58(54,55)56)26-34(36)42(4,5)38(49)14-10-7-9-13-37-41(2,3)33-25-31(57(51,52)53)20-22-35(33)48(37)6/h7,9-10,13-14,16-23,25-26H,8,11-12,15,24,27H2,1-6H3,(H2-,43,50,51,52,53,54,55,56)/p+1. The quantitative estimate of drug-likeness (QED) is 0.0548. The molecule has 0 atom stereocenters. The van der Waals surface area contributed by atoms with Gasteiger partial charge in [-0.25, -0.2) is 0 Å². The van der Waals surface area contributed by atoms with Crippen LogP contribution >= 0.6 is 0 Å². The molecule has 1 aromatic heterocycles. The van der Waals surface area contributed by atoms with Crippen LogP contribution in [0.25, 0.3) is 11.4 Å². The maximum absolute atomic E-state index is 12.7. The molecule has 3 N–H and O–H groups in total. The van der Waals surface area contributed by atoms with Gasteiger partial charge in [0, 0.05) is 59.6 Å². The number of nitrogens with zero attached hydrogens (tertiary/aromatic N) is 6. The lowest BCUT2D eigenvalue weighted by Gasteiger charge is -2.27. The fraction of sp³-hybridized carbons (Fsp3) is 0.333. The molecule has 0 radical (unpaired) electrons. The Morgan fingerprint density at radius 3 is 2.09 bits per heavy atom. The molecule has 16 heteroatoms. The average Bonchev–Trinajstić information content (AvgIpc) is 3.50. The van der Waals surface area contributed by atoms with Crippen LogP contribution in [0.3, 0.4) is 0 Å². The third-order valence-electron chi connectivity index (χ3n) is 10.8. The molecule has 0 aliphatic carbocycles. The van der Waals surface area contributed by atoms with Gasteiger partial charge in [-0.2, -0.15) is 21.4 Å². The van der Waals surface area contributed by atoms with Crippen LogP contribution in [0, 0.1) is 6.92 Å². The number of rotatable bonds is 14. The third-order valence-corrected chi connectivity index (χ3v) is 12.5. The Hall–Kier alpha value is -5.42. The first kappa shape index (κ1) is 42.2. The van der Waals surface area contributed by atoms with Crippen molar-refractivity contribution in [3.63, 3.8) is 0 Å². The molecule has 0 bridgehead atoms. The van der Waals surface area contributed by atoms with Crippen molar-refractivity contribution in [3.8, 4) is 11.4 Å². The fourth-order valence-corrected chi connectivity index (χ4v) is 8.59. The number of allylic oxidation sites excluding steroid dienone is 6. The van der Waals surface area contributed by atoms with Crippen molar-refractivity contribution < 1.29 is 35.3 Å². The van der Waals surface area contributed by atoms with Crippen molar-refractivity contribution in [1.29, 1.82) is 0 Å². The minimum absolute atomic E-state index is 0.0411. The first-order valence-corrected chi connectivity index (χ1v) is 21.7. The molecule has 3 heterocycles. The Morgan fingerprint density at radius 2 is 1.43 bits per heavy atom. The summed E-state index contributed by atoms with van der Waals surface area (Å²) in [4.78, 5) is 14.6. The lowest BCUT2D eigenvalue weighted by atomic mass is 9.81. The lowest BCUT2D eigenvalue weighted by Crippen LogP contribution is -2.27. The zero-order valence-corrected chi connectivity index (χ0v) is 35.0. The first-order chi connectivity index (χ1) is 27.3. The number of hydrogen-bond acceptors (Lipinski definition) is 10. The molecule has 6 rings (SSSR count). The summed E-state index contributed by atoms with van der Waals surface area (Å²) in [7, 11) is -6.85. The van der Waals surface area contributed by atoms with Crippen LogP contribution in [0.2, 0.25) is 0 Å². The molecular formula is C42H48N7O7S2+. The second kappa shape index (κ2) is 16.4. The van der Waals surface area contributed by atoms with Gasteiger partial charge >= 0.3 is 0 Å². The summed E-state index contributed by atoms with van der Waals surface area (Å²) in [6.45, 7) is 10.8. The topological polar surface area (TPSA) is 196 Å². The summed E-state index contributed by atoms with van der Waals surface area (Å²) in [6, 6.07) is 16.8. The Balaban J connectivity index is 1.10. The van der Waals surface area contributed by atoms with E-state index in [0.717, 1.165) is 57.9 Å². The van der Waals surface area contributed by atoms with Gasteiger partial charge in [-0.15, -0.1) is 20.4 Å². The van der Waals surface area contributed by atoms with E-state index in [-0.39, 0.29) is 15.7 Å². The monoisotopic (exact) mass is 826 g/mol. The molecule has 3 aromatic carbocycles. The Kier molecular flexibility index (Phi) is 12.0. The molecule has 4 aromatic rings. The van der Waals surface area contributed by atoms with E-state index in [4.69, 9.17) is 0 Å². The molecule has 1 amide bonds. The van der Waals surface area contributed by atoms with E-state index < -0.39 is 31.1 Å². The smallest absolute Gasteiger partial charge is 0.294 e. The van der Waals surface area contributed by atoms with E-state index >= 15 is 0 Å². The van der Waals surface area contributed by atoms with Crippen molar-refractivity contribution >= 4 is 43.2 Å². The van der Waals surface area contributed by atoms with Crippen molar-refractivity contribution in [2.24, 2.45) is 0 Å². The number of benzene rings is 3. The maximum Gasteiger partial charge on any atom is 0.294 e. The molecule has 0 unspecified atom stereocenters. The molecule has 58 heavy (non-hydrogen) atoms. The summed E-state index contributed by atoms with van der Waals surface area (Å²) in [5.41, 5.74) is 5.74. The minimum atomic E-state index is -4.41. The van der Waals surface area contributed by atoms with Crippen molar-refractivity contribution in [3.05, 3.63) is 119 Å². The van der Waals surface area contributed by atoms with Gasteiger partial charge in [-0.3, -0.25) is 13.9 Å². The Bertz CT molecular complexity index is 2580. The third kappa shape index (κ3) is 8.99. The molecular weight excluding hydrogens is 779 g/mol. The lowest BCUT2D eigenvalue weighted by molar-refractivity contribution is -0.401. The van der Waals surface area contributed by atoms with Gasteiger partial charge in [-0.1, -0.05) is 62.8 Å². The molecule has 14 nitrogen and oxygen atoms in total. The van der Waals surface area contributed by atoms with Gasteiger partial charge in [0.05, 0.1) is 15.2 Å². The van der Waals surface area contributed by atoms with Crippen LogP contribution in [0.15, 0.2) is 107 Å². The highest BCUT2D eigenvalue weighted by Crippen LogP contribution is 2.48. The van der Waals surface area contributed by atoms with Gasteiger partial charge in [0.15, 0.2) is 11.5 Å². The molecule has 0 fully saturated rings. The number of aryl methyl sites for hydroxylation is 1. The predicted octanol–water partition coefficient (Wildman–Crippen LogP) is 6.41. The van der Waals surface area contributed by atoms with Gasteiger partial charge < -0.3 is 10.2 Å². The number of hydrogen-bond donors (Lipinski definition) is 3. The number of unbranched alkanes of at least 4 members (excludes halogenated alkanes) is 2. The van der Waals surface area contributed by atoms with Crippen molar-refractivity contribution in [2.75, 3.05) is 18.5 Å². The minimum Gasteiger partial charge on any atom is -0.352 e. The van der Waals surface area contributed by atoms with Gasteiger partial charge in [0.2, 0.25) is 17.4 Å². The first-order valence-electron chi connectivity index (χ1n) is 18.9. The zero-order valence-electron chi connectivity index (χ0n) is 33.3. The number of fused-ring (bicyclic) bond motifs is 2. The average molecular weight is 827 g/mol. The summed E-state index contributed by atoms with van der Waals surface area (Å²) in [5.74, 6) is 0.889. The highest BCUT2D eigenvalue weighted by molar-refractivity contribution is 7.86. The highest BCUT2D eigenvalue weighted by atomic mass is 32.2. The van der Waals surface area contributed by atoms with Gasteiger partial charge in [0.25, 0.3) is 20.2 Å². The van der Waals surface area contributed by atoms with E-state index in [1.807, 2.05) is 94.0 Å². The van der Waals surface area contributed by atoms with Gasteiger partial charge in [-0.05, 0) is 81.1 Å². The van der Waals surface area contributed by atoms with Crippen LogP contribution in [0.1, 0.15) is 75.9 Å². The number of carbonyl (C=O) groups is 1. The van der Waals surface area contributed by atoms with Crippen molar-refractivity contribution in [1.82, 2.24) is 25.7 Å². The summed E-state index contributed by atoms with van der Waals surface area (Å²) in [5, 5.41) is 19.0. The second-order valence-electron chi connectivity index (χ2n) is 15.5. The Labute approximate surface area is 339 Å². The number of anilines is 1. The number of carbonyl (C=O) groups excluding carboxylic acids is 1. The maximum atomic E-state index is 12.7. The van der Waals surface area contributed by atoms with Crippen LogP contribution in [0.5, 0.6) is 0 Å². The molecule has 2 aliphatic heterocycles. The van der Waals surface area contributed by atoms with E-state index in [9.17, 15) is 30.7 Å². The predicted molar refractivity (Wildman–Crippen MR) is 221 cm³/mol. The normalized spacial score (nSPS) is 16.8.